The van der Waals surface area contributed by atoms with Gasteiger partial charge in [-0.15, -0.1) is 0 Å². The molecule has 3 aromatic rings. The standard InChI is InChI=1S/C22H23ClFN5O2/c1-14-2-5-20-27-17(13-29(20)11-14)10-26-21(30)9-19-22(31)25-6-7-28(19)12-15-3-4-16(24)8-18(15)23/h2-5,8,11,13,19H,6-7,9-10,12H2,1H3,(H,25,31)(H,26,30). The highest BCUT2D eigenvalue weighted by atomic mass is 35.5. The van der Waals surface area contributed by atoms with Gasteiger partial charge in [0.15, 0.2) is 0 Å². The van der Waals surface area contributed by atoms with Gasteiger partial charge < -0.3 is 15.0 Å². The fourth-order valence-electron chi connectivity index (χ4n) is 3.72. The van der Waals surface area contributed by atoms with Crippen LogP contribution < -0.4 is 10.6 Å². The predicted molar refractivity (Wildman–Crippen MR) is 115 cm³/mol. The lowest BCUT2D eigenvalue weighted by molar-refractivity contribution is -0.134. The number of carbonyl (C=O) groups is 2. The summed E-state index contributed by atoms with van der Waals surface area (Å²) in [6, 6.07) is 7.47. The van der Waals surface area contributed by atoms with E-state index in [0.29, 0.717) is 30.2 Å². The second kappa shape index (κ2) is 9.03. The number of imidazole rings is 1. The summed E-state index contributed by atoms with van der Waals surface area (Å²) in [7, 11) is 0. The van der Waals surface area contributed by atoms with Gasteiger partial charge >= 0.3 is 0 Å². The van der Waals surface area contributed by atoms with Gasteiger partial charge in [0.1, 0.15) is 11.5 Å². The molecule has 1 aliphatic heterocycles. The molecular formula is C22H23ClFN5O2. The van der Waals surface area contributed by atoms with Crippen molar-refractivity contribution < 1.29 is 14.0 Å². The summed E-state index contributed by atoms with van der Waals surface area (Å²) in [5.74, 6) is -0.864. The number of pyridine rings is 1. The molecule has 31 heavy (non-hydrogen) atoms. The minimum Gasteiger partial charge on any atom is -0.353 e. The Labute approximate surface area is 184 Å². The zero-order valence-corrected chi connectivity index (χ0v) is 17.8. The number of carbonyl (C=O) groups excluding carboxylic acids is 2. The SMILES string of the molecule is Cc1ccc2nc(CNC(=O)CC3C(=O)NCCN3Cc3ccc(F)cc3Cl)cn2c1. The first kappa shape index (κ1) is 21.3. The molecule has 2 N–H and O–H groups in total. The summed E-state index contributed by atoms with van der Waals surface area (Å²) in [6.45, 7) is 3.69. The fourth-order valence-corrected chi connectivity index (χ4v) is 3.95. The molecule has 0 radical (unpaired) electrons. The van der Waals surface area contributed by atoms with E-state index in [1.807, 2.05) is 40.8 Å². The molecule has 1 aromatic carbocycles. The third-order valence-corrected chi connectivity index (χ3v) is 5.68. The Morgan fingerprint density at radius 3 is 2.97 bits per heavy atom. The molecule has 1 atom stereocenters. The Bertz CT molecular complexity index is 1130. The highest BCUT2D eigenvalue weighted by molar-refractivity contribution is 6.31. The van der Waals surface area contributed by atoms with E-state index in [9.17, 15) is 14.0 Å². The quantitative estimate of drug-likeness (QED) is 0.613. The molecule has 3 heterocycles. The Morgan fingerprint density at radius 1 is 1.32 bits per heavy atom. The third kappa shape index (κ3) is 5.03. The Kier molecular flexibility index (Phi) is 6.20. The molecule has 1 aliphatic rings. The van der Waals surface area contributed by atoms with Crippen molar-refractivity contribution in [3.05, 3.63) is 70.4 Å². The van der Waals surface area contributed by atoms with Gasteiger partial charge in [-0.3, -0.25) is 14.5 Å². The van der Waals surface area contributed by atoms with E-state index in [2.05, 4.69) is 15.6 Å². The van der Waals surface area contributed by atoms with E-state index in [0.717, 1.165) is 16.9 Å². The maximum absolute atomic E-state index is 13.3. The molecule has 0 spiro atoms. The molecule has 2 aromatic heterocycles. The van der Waals surface area contributed by atoms with E-state index >= 15 is 0 Å². The van der Waals surface area contributed by atoms with Crippen molar-refractivity contribution in [3.63, 3.8) is 0 Å². The smallest absolute Gasteiger partial charge is 0.237 e. The lowest BCUT2D eigenvalue weighted by Gasteiger charge is -2.34. The van der Waals surface area contributed by atoms with Crippen LogP contribution in [0.25, 0.3) is 5.65 Å². The molecule has 1 saturated heterocycles. The van der Waals surface area contributed by atoms with Crippen molar-refractivity contribution >= 4 is 29.1 Å². The summed E-state index contributed by atoms with van der Waals surface area (Å²) in [6.07, 6.45) is 3.86. The number of aryl methyl sites for hydroxylation is 1. The van der Waals surface area contributed by atoms with Crippen LogP contribution >= 0.6 is 11.6 Å². The maximum Gasteiger partial charge on any atom is 0.237 e. The Hall–Kier alpha value is -2.97. The van der Waals surface area contributed by atoms with Crippen LogP contribution in [0.1, 0.15) is 23.2 Å². The van der Waals surface area contributed by atoms with E-state index < -0.39 is 11.9 Å². The molecule has 1 fully saturated rings. The fraction of sp³-hybridized carbons (Fsp3) is 0.318. The number of piperazine rings is 1. The van der Waals surface area contributed by atoms with Gasteiger partial charge in [0.05, 0.1) is 24.7 Å². The second-order valence-corrected chi connectivity index (χ2v) is 8.11. The summed E-state index contributed by atoms with van der Waals surface area (Å²) in [5, 5.41) is 5.96. The number of fused-ring (bicyclic) bond motifs is 1. The summed E-state index contributed by atoms with van der Waals surface area (Å²) < 4.78 is 15.2. The van der Waals surface area contributed by atoms with Crippen LogP contribution in [-0.2, 0) is 22.7 Å². The maximum atomic E-state index is 13.3. The summed E-state index contributed by atoms with van der Waals surface area (Å²) >= 11 is 6.14. The van der Waals surface area contributed by atoms with Crippen LogP contribution in [0.2, 0.25) is 5.02 Å². The number of amides is 2. The van der Waals surface area contributed by atoms with Gasteiger partial charge in [-0.1, -0.05) is 23.7 Å². The van der Waals surface area contributed by atoms with Crippen LogP contribution in [0.15, 0.2) is 42.7 Å². The lowest BCUT2D eigenvalue weighted by Crippen LogP contribution is -2.56. The first-order valence-electron chi connectivity index (χ1n) is 10.1. The molecule has 2 amide bonds. The monoisotopic (exact) mass is 443 g/mol. The van der Waals surface area contributed by atoms with Crippen LogP contribution in [0, 0.1) is 12.7 Å². The molecule has 4 rings (SSSR count). The molecule has 162 valence electrons. The van der Waals surface area contributed by atoms with Gasteiger partial charge in [0, 0.05) is 37.1 Å². The number of rotatable bonds is 6. The minimum atomic E-state index is -0.626. The Morgan fingerprint density at radius 2 is 2.16 bits per heavy atom. The topological polar surface area (TPSA) is 78.7 Å². The lowest BCUT2D eigenvalue weighted by atomic mass is 10.1. The number of hydrogen-bond donors (Lipinski definition) is 2. The van der Waals surface area contributed by atoms with E-state index in [1.54, 1.807) is 6.07 Å². The van der Waals surface area contributed by atoms with Crippen LogP contribution in [0.5, 0.6) is 0 Å². The van der Waals surface area contributed by atoms with Crippen molar-refractivity contribution in [2.45, 2.75) is 32.5 Å². The van der Waals surface area contributed by atoms with Crippen LogP contribution in [0.4, 0.5) is 4.39 Å². The highest BCUT2D eigenvalue weighted by Gasteiger charge is 2.31. The number of benzene rings is 1. The average Bonchev–Trinajstić information content (AvgIpc) is 3.13. The largest absolute Gasteiger partial charge is 0.353 e. The number of nitrogens with zero attached hydrogens (tertiary/aromatic N) is 3. The van der Waals surface area contributed by atoms with Gasteiger partial charge in [0.25, 0.3) is 0 Å². The molecule has 0 aliphatic carbocycles. The van der Waals surface area contributed by atoms with Gasteiger partial charge in [-0.25, -0.2) is 9.37 Å². The normalized spacial score (nSPS) is 17.0. The van der Waals surface area contributed by atoms with Gasteiger partial charge in [-0.05, 0) is 36.2 Å². The minimum absolute atomic E-state index is 0.0110. The molecule has 9 heteroatoms. The van der Waals surface area contributed by atoms with Gasteiger partial charge in [0.2, 0.25) is 11.8 Å². The predicted octanol–water partition coefficient (Wildman–Crippen LogP) is 2.44. The van der Waals surface area contributed by atoms with Crippen molar-refractivity contribution in [3.8, 4) is 0 Å². The van der Waals surface area contributed by atoms with E-state index in [4.69, 9.17) is 11.6 Å². The molecule has 7 nitrogen and oxygen atoms in total. The van der Waals surface area contributed by atoms with Crippen LogP contribution in [-0.4, -0.2) is 45.2 Å². The number of halogens is 2. The molecular weight excluding hydrogens is 421 g/mol. The Balaban J connectivity index is 1.39. The number of nitrogens with one attached hydrogen (secondary N) is 2. The number of aromatic nitrogens is 2. The van der Waals surface area contributed by atoms with Crippen molar-refractivity contribution in [1.82, 2.24) is 24.9 Å². The third-order valence-electron chi connectivity index (χ3n) is 5.32. The first-order valence-corrected chi connectivity index (χ1v) is 10.4. The van der Waals surface area contributed by atoms with Crippen LogP contribution in [0.3, 0.4) is 0 Å². The summed E-state index contributed by atoms with van der Waals surface area (Å²) in [4.78, 5) is 31.4. The molecule has 1 unspecified atom stereocenters. The van der Waals surface area contributed by atoms with Crippen molar-refractivity contribution in [1.29, 1.82) is 0 Å². The van der Waals surface area contributed by atoms with Gasteiger partial charge in [-0.2, -0.15) is 0 Å². The number of hydrogen-bond acceptors (Lipinski definition) is 4. The summed E-state index contributed by atoms with van der Waals surface area (Å²) in [5.41, 5.74) is 3.37. The van der Waals surface area contributed by atoms with E-state index in [1.165, 1.54) is 12.1 Å². The highest BCUT2D eigenvalue weighted by Crippen LogP contribution is 2.21. The second-order valence-electron chi connectivity index (χ2n) is 7.70. The zero-order valence-electron chi connectivity index (χ0n) is 17.1. The van der Waals surface area contributed by atoms with E-state index in [-0.39, 0.29) is 24.8 Å². The first-order chi connectivity index (χ1) is 14.9. The van der Waals surface area contributed by atoms with Crippen molar-refractivity contribution in [2.75, 3.05) is 13.1 Å². The molecule has 0 saturated carbocycles. The average molecular weight is 444 g/mol. The zero-order chi connectivity index (χ0) is 22.0. The molecule has 0 bridgehead atoms. The van der Waals surface area contributed by atoms with Crippen molar-refractivity contribution in [2.24, 2.45) is 0 Å².